The van der Waals surface area contributed by atoms with Gasteiger partial charge in [0.2, 0.25) is 0 Å². The van der Waals surface area contributed by atoms with Crippen LogP contribution in [0.2, 0.25) is 0 Å². The molecule has 16 heavy (non-hydrogen) atoms. The predicted octanol–water partition coefficient (Wildman–Crippen LogP) is 3.71. The molecule has 1 aliphatic carbocycles. The van der Waals surface area contributed by atoms with Gasteiger partial charge in [0.05, 0.1) is 0 Å². The fourth-order valence-corrected chi connectivity index (χ4v) is 1.83. The van der Waals surface area contributed by atoms with Crippen molar-refractivity contribution in [3.05, 3.63) is 29.3 Å². The van der Waals surface area contributed by atoms with Crippen LogP contribution in [-0.2, 0) is 12.8 Å². The van der Waals surface area contributed by atoms with E-state index in [2.05, 4.69) is 4.74 Å². The van der Waals surface area contributed by atoms with Crippen LogP contribution in [0.3, 0.4) is 0 Å². The molecule has 0 spiro atoms. The molecule has 4 heteroatoms. The lowest BCUT2D eigenvalue weighted by molar-refractivity contribution is -0.274. The van der Waals surface area contributed by atoms with Crippen LogP contribution in [0.4, 0.5) is 13.2 Å². The first-order valence-corrected chi connectivity index (χ1v) is 5.06. The summed E-state index contributed by atoms with van der Waals surface area (Å²) in [6.45, 7) is 1.93. The van der Waals surface area contributed by atoms with E-state index in [0.717, 1.165) is 11.6 Å². The van der Waals surface area contributed by atoms with Crippen molar-refractivity contribution in [1.82, 2.24) is 0 Å². The Kier molecular flexibility index (Phi) is 2.22. The second kappa shape index (κ2) is 4.00. The van der Waals surface area contributed by atoms with Crippen molar-refractivity contribution < 1.29 is 20.6 Å². The minimum Gasteiger partial charge on any atom is -0.406 e. The lowest BCUT2D eigenvalue weighted by Crippen LogP contribution is -2.18. The largest absolute Gasteiger partial charge is 0.573 e. The first kappa shape index (κ1) is 8.90. The van der Waals surface area contributed by atoms with Crippen molar-refractivity contribution >= 4 is 0 Å². The summed E-state index contributed by atoms with van der Waals surface area (Å²) >= 11 is 0. The van der Waals surface area contributed by atoms with Gasteiger partial charge in [0, 0.05) is 2.74 Å². The summed E-state index contributed by atoms with van der Waals surface area (Å²) in [5.41, 5.74) is 1.07. The van der Waals surface area contributed by atoms with Gasteiger partial charge < -0.3 is 4.74 Å². The Hall–Kier alpha value is -1.19. The topological polar surface area (TPSA) is 9.23 Å². The number of fused-ring (bicyclic) bond motifs is 1. The minimum absolute atomic E-state index is 0.182. The first-order valence-electron chi connectivity index (χ1n) is 6.06. The highest BCUT2D eigenvalue weighted by Crippen LogP contribution is 2.30. The van der Waals surface area contributed by atoms with E-state index >= 15 is 0 Å². The number of ether oxygens (including phenoxy) is 1. The molecule has 1 unspecified atom stereocenters. The molecule has 0 heterocycles. The number of hydrogen-bond acceptors (Lipinski definition) is 1. The second-order valence-electron chi connectivity index (χ2n) is 4.06. The number of benzene rings is 1. The Bertz CT molecular complexity index is 457. The summed E-state index contributed by atoms with van der Waals surface area (Å²) in [6.07, 6.45) is -5.35. The molecule has 1 aliphatic rings. The highest BCUT2D eigenvalue weighted by atomic mass is 19.4. The van der Waals surface area contributed by atoms with Gasteiger partial charge in [-0.25, -0.2) is 0 Å². The minimum atomic E-state index is -4.75. The Morgan fingerprint density at radius 3 is 2.81 bits per heavy atom. The summed E-state index contributed by atoms with van der Waals surface area (Å²) in [7, 11) is 0. The van der Waals surface area contributed by atoms with Crippen LogP contribution in [0.25, 0.3) is 0 Å². The fraction of sp³-hybridized carbons (Fsp3) is 0.500. The fourth-order valence-electron chi connectivity index (χ4n) is 1.83. The SMILES string of the molecule is [2H]C1([2H])CC(C)Cc2ccc(OC(F)(F)F)cc21. The highest BCUT2D eigenvalue weighted by molar-refractivity contribution is 5.37. The standard InChI is InChI=1S/C12H13F3O/c1-8-2-3-10-7-11(16-12(13,14)15)5-4-9(10)6-8/h4-5,7-8H,2-3,6H2,1H3/i3D2. The van der Waals surface area contributed by atoms with Crippen LogP contribution < -0.4 is 4.74 Å². The summed E-state index contributed by atoms with van der Waals surface area (Å²) < 4.78 is 55.9. The lowest BCUT2D eigenvalue weighted by Gasteiger charge is -2.22. The van der Waals surface area contributed by atoms with Crippen molar-refractivity contribution in [2.45, 2.75) is 32.5 Å². The molecule has 88 valence electrons. The number of alkyl halides is 3. The van der Waals surface area contributed by atoms with E-state index in [-0.39, 0.29) is 11.7 Å². The molecule has 0 radical (unpaired) electrons. The van der Waals surface area contributed by atoms with Crippen LogP contribution in [0, 0.1) is 5.92 Å². The van der Waals surface area contributed by atoms with E-state index in [1.165, 1.54) is 12.1 Å². The molecule has 0 fully saturated rings. The first-order chi connectivity index (χ1) is 8.17. The van der Waals surface area contributed by atoms with Crippen LogP contribution >= 0.6 is 0 Å². The highest BCUT2D eigenvalue weighted by Gasteiger charge is 2.31. The van der Waals surface area contributed by atoms with Crippen LogP contribution in [0.5, 0.6) is 5.75 Å². The average Bonchev–Trinajstić information content (AvgIpc) is 2.15. The second-order valence-corrected chi connectivity index (χ2v) is 4.06. The zero-order valence-electron chi connectivity index (χ0n) is 10.8. The number of aryl methyl sites for hydroxylation is 1. The third-order valence-electron chi connectivity index (χ3n) is 2.52. The van der Waals surface area contributed by atoms with E-state index in [1.54, 1.807) is 0 Å². The molecule has 1 atom stereocenters. The van der Waals surface area contributed by atoms with E-state index in [9.17, 15) is 13.2 Å². The average molecular weight is 232 g/mol. The maximum absolute atomic E-state index is 12.1. The van der Waals surface area contributed by atoms with Gasteiger partial charge in [-0.1, -0.05) is 13.0 Å². The van der Waals surface area contributed by atoms with Gasteiger partial charge in [0.1, 0.15) is 5.75 Å². The third-order valence-corrected chi connectivity index (χ3v) is 2.52. The Labute approximate surface area is 95.0 Å². The Morgan fingerprint density at radius 1 is 1.38 bits per heavy atom. The molecule has 1 aromatic carbocycles. The van der Waals surface area contributed by atoms with Gasteiger partial charge >= 0.3 is 6.36 Å². The summed E-state index contributed by atoms with van der Waals surface area (Å²) in [6, 6.07) is 3.92. The summed E-state index contributed by atoms with van der Waals surface area (Å²) in [4.78, 5) is 0. The molecule has 0 saturated heterocycles. The molecule has 1 aromatic rings. The van der Waals surface area contributed by atoms with Crippen molar-refractivity contribution in [2.24, 2.45) is 5.92 Å². The summed E-state index contributed by atoms with van der Waals surface area (Å²) in [5.74, 6) is -0.179. The van der Waals surface area contributed by atoms with E-state index in [0.29, 0.717) is 18.4 Å². The number of hydrogen-bond donors (Lipinski definition) is 0. The number of halogens is 3. The number of rotatable bonds is 1. The van der Waals surface area contributed by atoms with Crippen LogP contribution in [0.15, 0.2) is 18.2 Å². The van der Waals surface area contributed by atoms with Crippen molar-refractivity contribution in [1.29, 1.82) is 0 Å². The molecule has 1 nitrogen and oxygen atoms in total. The smallest absolute Gasteiger partial charge is 0.406 e. The van der Waals surface area contributed by atoms with Crippen LogP contribution in [0.1, 0.15) is 27.2 Å². The van der Waals surface area contributed by atoms with Gasteiger partial charge in [-0.15, -0.1) is 13.2 Å². The van der Waals surface area contributed by atoms with Gasteiger partial charge in [-0.3, -0.25) is 0 Å². The van der Waals surface area contributed by atoms with Gasteiger partial charge in [0.15, 0.2) is 0 Å². The Balaban J connectivity index is 2.37. The zero-order valence-corrected chi connectivity index (χ0v) is 8.77. The molecule has 0 aromatic heterocycles. The molecule has 0 aliphatic heterocycles. The van der Waals surface area contributed by atoms with Crippen molar-refractivity contribution in [3.63, 3.8) is 0 Å². The normalized spacial score (nSPS) is 25.4. The molecular formula is C12H13F3O. The molecule has 0 bridgehead atoms. The molecule has 0 amide bonds. The quantitative estimate of drug-likeness (QED) is 0.717. The zero-order chi connectivity index (χ0) is 13.6. The lowest BCUT2D eigenvalue weighted by atomic mass is 9.85. The van der Waals surface area contributed by atoms with Gasteiger partial charge in [-0.2, -0.15) is 0 Å². The van der Waals surface area contributed by atoms with Gasteiger partial charge in [0.25, 0.3) is 0 Å². The summed E-state index contributed by atoms with van der Waals surface area (Å²) in [5, 5.41) is 0. The van der Waals surface area contributed by atoms with E-state index in [4.69, 9.17) is 2.74 Å². The molecular weight excluding hydrogens is 217 g/mol. The van der Waals surface area contributed by atoms with E-state index in [1.807, 2.05) is 6.92 Å². The van der Waals surface area contributed by atoms with Crippen molar-refractivity contribution in [3.8, 4) is 5.75 Å². The Morgan fingerprint density at radius 2 is 2.12 bits per heavy atom. The maximum atomic E-state index is 12.1. The molecule has 2 rings (SSSR count). The van der Waals surface area contributed by atoms with Crippen molar-refractivity contribution in [2.75, 3.05) is 0 Å². The van der Waals surface area contributed by atoms with E-state index < -0.39 is 12.7 Å². The molecule has 0 N–H and O–H groups in total. The predicted molar refractivity (Wildman–Crippen MR) is 54.3 cm³/mol. The monoisotopic (exact) mass is 232 g/mol. The van der Waals surface area contributed by atoms with Crippen LogP contribution in [-0.4, -0.2) is 6.36 Å². The maximum Gasteiger partial charge on any atom is 0.573 e. The third kappa shape index (κ3) is 2.68. The van der Waals surface area contributed by atoms with Gasteiger partial charge in [-0.05, 0) is 48.4 Å². The molecule has 0 saturated carbocycles.